The van der Waals surface area contributed by atoms with Crippen LogP contribution in [0.25, 0.3) is 22.2 Å². The van der Waals surface area contributed by atoms with Crippen LogP contribution in [0.3, 0.4) is 0 Å². The third kappa shape index (κ3) is 6.47. The molecule has 3 heterocycles. The third-order valence-electron chi connectivity index (χ3n) is 8.02. The topological polar surface area (TPSA) is 198 Å². The fourth-order valence-electron chi connectivity index (χ4n) is 5.66. The summed E-state index contributed by atoms with van der Waals surface area (Å²) in [5.74, 6) is 0.725. The SMILES string of the molecule is CCOC(=O)CCCCOc1cc(CNc2c(C#N)c3c(N)ncnc3n2C2OC(CO)C(O)C2(C)O)ccc1-c1ccccc1. The zero-order chi connectivity index (χ0) is 32.8. The van der Waals surface area contributed by atoms with E-state index >= 15 is 0 Å². The van der Waals surface area contributed by atoms with Gasteiger partial charge in [0, 0.05) is 18.5 Å². The number of nitrogens with two attached hydrogens (primary N) is 1. The van der Waals surface area contributed by atoms with Gasteiger partial charge in [-0.25, -0.2) is 9.97 Å². The average molecular weight is 631 g/mol. The van der Waals surface area contributed by atoms with Crippen LogP contribution in [0.1, 0.15) is 50.5 Å². The molecule has 4 unspecified atom stereocenters. The smallest absolute Gasteiger partial charge is 0.305 e. The van der Waals surface area contributed by atoms with E-state index in [1.165, 1.54) is 17.8 Å². The summed E-state index contributed by atoms with van der Waals surface area (Å²) in [6, 6.07) is 17.8. The number of nitriles is 1. The highest BCUT2D eigenvalue weighted by atomic mass is 16.6. The fraction of sp³-hybridized carbons (Fsp3) is 0.394. The number of rotatable bonds is 13. The number of benzene rings is 2. The minimum absolute atomic E-state index is 0.0612. The summed E-state index contributed by atoms with van der Waals surface area (Å²) in [7, 11) is 0. The van der Waals surface area contributed by atoms with Crippen molar-refractivity contribution in [3.63, 3.8) is 0 Å². The van der Waals surface area contributed by atoms with E-state index in [1.807, 2.05) is 48.5 Å². The Balaban J connectivity index is 1.46. The molecular formula is C33H38N6O7. The second kappa shape index (κ2) is 14.1. The van der Waals surface area contributed by atoms with Crippen molar-refractivity contribution in [2.75, 3.05) is 30.9 Å². The predicted molar refractivity (Wildman–Crippen MR) is 169 cm³/mol. The number of carbonyl (C=O) groups is 1. The average Bonchev–Trinajstić information content (AvgIpc) is 3.49. The molecule has 1 aliphatic rings. The van der Waals surface area contributed by atoms with Crippen LogP contribution in [0, 0.1) is 11.3 Å². The Morgan fingerprint density at radius 2 is 2.00 bits per heavy atom. The van der Waals surface area contributed by atoms with Gasteiger partial charge in [-0.3, -0.25) is 9.36 Å². The van der Waals surface area contributed by atoms with Crippen molar-refractivity contribution in [2.24, 2.45) is 0 Å². The van der Waals surface area contributed by atoms with Gasteiger partial charge >= 0.3 is 5.97 Å². The molecule has 6 N–H and O–H groups in total. The number of ether oxygens (including phenoxy) is 3. The Kier molecular flexibility index (Phi) is 10.0. The maximum Gasteiger partial charge on any atom is 0.305 e. The molecule has 0 spiro atoms. The van der Waals surface area contributed by atoms with Crippen LogP contribution < -0.4 is 15.8 Å². The molecule has 242 valence electrons. The molecule has 0 aliphatic carbocycles. The molecule has 0 radical (unpaired) electrons. The molecular weight excluding hydrogens is 592 g/mol. The van der Waals surface area contributed by atoms with Crippen molar-refractivity contribution in [2.45, 2.75) is 63.7 Å². The molecule has 2 aromatic heterocycles. The normalized spacial score (nSPS) is 20.8. The largest absolute Gasteiger partial charge is 0.493 e. The second-order valence-corrected chi connectivity index (χ2v) is 11.2. The summed E-state index contributed by atoms with van der Waals surface area (Å²) >= 11 is 0. The Bertz CT molecular complexity index is 1720. The number of nitrogen functional groups attached to an aromatic ring is 1. The van der Waals surface area contributed by atoms with Crippen molar-refractivity contribution in [3.05, 3.63) is 66.0 Å². The second-order valence-electron chi connectivity index (χ2n) is 11.2. The minimum atomic E-state index is -1.85. The van der Waals surface area contributed by atoms with Gasteiger partial charge in [0.2, 0.25) is 0 Å². The van der Waals surface area contributed by atoms with Crippen LogP contribution in [0.15, 0.2) is 54.9 Å². The van der Waals surface area contributed by atoms with Crippen molar-refractivity contribution in [1.82, 2.24) is 14.5 Å². The lowest BCUT2D eigenvalue weighted by Crippen LogP contribution is -2.44. The van der Waals surface area contributed by atoms with E-state index in [9.17, 15) is 25.4 Å². The highest BCUT2D eigenvalue weighted by molar-refractivity contribution is 5.97. The summed E-state index contributed by atoms with van der Waals surface area (Å²) < 4.78 is 18.6. The maximum absolute atomic E-state index is 11.7. The minimum Gasteiger partial charge on any atom is -0.493 e. The zero-order valence-corrected chi connectivity index (χ0v) is 25.7. The number of nitrogens with zero attached hydrogens (tertiary/aromatic N) is 4. The van der Waals surface area contributed by atoms with Crippen LogP contribution in [0.2, 0.25) is 0 Å². The van der Waals surface area contributed by atoms with Gasteiger partial charge in [-0.2, -0.15) is 5.26 Å². The van der Waals surface area contributed by atoms with E-state index < -0.39 is 30.6 Å². The Labute approximate surface area is 266 Å². The lowest BCUT2D eigenvalue weighted by atomic mass is 9.96. The molecule has 0 saturated carbocycles. The molecule has 1 saturated heterocycles. The summed E-state index contributed by atoms with van der Waals surface area (Å²) in [6.45, 7) is 3.60. The monoisotopic (exact) mass is 630 g/mol. The maximum atomic E-state index is 11.7. The van der Waals surface area contributed by atoms with Crippen LogP contribution in [-0.2, 0) is 20.8 Å². The van der Waals surface area contributed by atoms with E-state index in [0.29, 0.717) is 38.2 Å². The van der Waals surface area contributed by atoms with Gasteiger partial charge in [-0.1, -0.05) is 42.5 Å². The van der Waals surface area contributed by atoms with E-state index in [4.69, 9.17) is 19.9 Å². The van der Waals surface area contributed by atoms with Crippen molar-refractivity contribution in [1.29, 1.82) is 5.26 Å². The van der Waals surface area contributed by atoms with E-state index in [1.54, 1.807) is 6.92 Å². The first-order chi connectivity index (χ1) is 22.2. The number of nitrogens with one attached hydrogen (secondary N) is 1. The molecule has 46 heavy (non-hydrogen) atoms. The lowest BCUT2D eigenvalue weighted by molar-refractivity contribution is -0.143. The molecule has 0 amide bonds. The molecule has 13 nitrogen and oxygen atoms in total. The summed E-state index contributed by atoms with van der Waals surface area (Å²) in [4.78, 5) is 20.1. The number of hydrogen-bond donors (Lipinski definition) is 5. The number of carbonyl (C=O) groups excluding carboxylic acids is 1. The van der Waals surface area contributed by atoms with Crippen LogP contribution in [0.4, 0.5) is 11.6 Å². The molecule has 1 aliphatic heterocycles. The lowest BCUT2D eigenvalue weighted by Gasteiger charge is -2.29. The summed E-state index contributed by atoms with van der Waals surface area (Å²) in [5, 5.41) is 45.6. The standard InChI is InChI=1S/C33H38N6O7/c1-3-44-26(41)11-7-8-14-45-24-15-20(12-13-22(24)21-9-5-4-6-10-21)17-36-30-23(16-34)27-29(35)37-19-38-31(27)39(30)32-33(2,43)28(42)25(18-40)46-32/h4-6,9-10,12-13,15,19,25,28,32,36,40,42-43H,3,7-8,11,14,17-18H2,1-2H3,(H2,35,37,38). The molecule has 13 heteroatoms. The highest BCUT2D eigenvalue weighted by Crippen LogP contribution is 2.44. The third-order valence-corrected chi connectivity index (χ3v) is 8.02. The quantitative estimate of drug-likeness (QED) is 0.107. The van der Waals surface area contributed by atoms with E-state index in [2.05, 4.69) is 21.4 Å². The molecule has 1 fully saturated rings. The summed E-state index contributed by atoms with van der Waals surface area (Å²) in [6.07, 6.45) is -0.863. The first-order valence-corrected chi connectivity index (χ1v) is 15.1. The number of fused-ring (bicyclic) bond motifs is 1. The van der Waals surface area contributed by atoms with E-state index in [0.717, 1.165) is 16.7 Å². The number of aliphatic hydroxyl groups excluding tert-OH is 2. The Morgan fingerprint density at radius 1 is 1.22 bits per heavy atom. The van der Waals surface area contributed by atoms with Crippen LogP contribution >= 0.6 is 0 Å². The zero-order valence-electron chi connectivity index (χ0n) is 25.7. The van der Waals surface area contributed by atoms with Crippen molar-refractivity contribution in [3.8, 4) is 22.9 Å². The van der Waals surface area contributed by atoms with Gasteiger partial charge in [0.25, 0.3) is 0 Å². The molecule has 5 rings (SSSR count). The predicted octanol–water partition coefficient (Wildman–Crippen LogP) is 3.28. The fourth-order valence-corrected chi connectivity index (χ4v) is 5.66. The number of aliphatic hydroxyl groups is 3. The van der Waals surface area contributed by atoms with Gasteiger partial charge < -0.3 is 40.6 Å². The molecule has 4 aromatic rings. The Hall–Kier alpha value is -4.74. The van der Waals surface area contributed by atoms with Gasteiger partial charge in [-0.15, -0.1) is 0 Å². The van der Waals surface area contributed by atoms with E-state index in [-0.39, 0.29) is 40.7 Å². The number of esters is 1. The summed E-state index contributed by atoms with van der Waals surface area (Å²) in [5.41, 5.74) is 7.36. The number of hydrogen-bond acceptors (Lipinski definition) is 12. The van der Waals surface area contributed by atoms with Crippen molar-refractivity contribution >= 4 is 28.6 Å². The Morgan fingerprint density at radius 3 is 2.70 bits per heavy atom. The first-order valence-electron chi connectivity index (χ1n) is 15.1. The van der Waals surface area contributed by atoms with Crippen molar-refractivity contribution < 1.29 is 34.3 Å². The molecule has 0 bridgehead atoms. The molecule has 4 atom stereocenters. The number of anilines is 2. The number of unbranched alkanes of at least 4 members (excludes halogenated alkanes) is 1. The van der Waals surface area contributed by atoms with Gasteiger partial charge in [-0.05, 0) is 43.9 Å². The van der Waals surface area contributed by atoms with Crippen LogP contribution in [-0.4, -0.2) is 73.5 Å². The number of aromatic nitrogens is 3. The molecule has 2 aromatic carbocycles. The first kappa shape index (κ1) is 32.6. The van der Waals surface area contributed by atoms with Gasteiger partial charge in [0.15, 0.2) is 11.9 Å². The van der Waals surface area contributed by atoms with Gasteiger partial charge in [0.1, 0.15) is 53.2 Å². The van der Waals surface area contributed by atoms with Crippen LogP contribution in [0.5, 0.6) is 5.75 Å². The highest BCUT2D eigenvalue weighted by Gasteiger charge is 2.54. The van der Waals surface area contributed by atoms with Gasteiger partial charge in [0.05, 0.1) is 25.2 Å².